The van der Waals surface area contributed by atoms with Crippen LogP contribution in [0.4, 0.5) is 11.4 Å². The van der Waals surface area contributed by atoms with Gasteiger partial charge in [0.15, 0.2) is 0 Å². The zero-order chi connectivity index (χ0) is 8.39. The highest BCUT2D eigenvalue weighted by Crippen LogP contribution is 2.18. The van der Waals surface area contributed by atoms with Gasteiger partial charge in [-0.1, -0.05) is 0 Å². The molecule has 0 aliphatic carbocycles. The first kappa shape index (κ1) is 7.16. The highest BCUT2D eigenvalue weighted by Gasteiger charge is 2.06. The first-order valence-electron chi connectivity index (χ1n) is 4.02. The molecule has 1 aromatic rings. The number of rotatable bonds is 1. The number of nitrogens with zero attached hydrogens (tertiary/aromatic N) is 2. The van der Waals surface area contributed by atoms with Crippen LogP contribution in [0.2, 0.25) is 0 Å². The Morgan fingerprint density at radius 2 is 2.00 bits per heavy atom. The summed E-state index contributed by atoms with van der Waals surface area (Å²) in [5.74, 6) is 0. The fourth-order valence-corrected chi connectivity index (χ4v) is 1.24. The lowest BCUT2D eigenvalue weighted by atomic mass is 10.3. The minimum Gasteiger partial charge on any atom is -0.399 e. The molecule has 12 heavy (non-hydrogen) atoms. The molecular formula is C9H11N3. The van der Waals surface area contributed by atoms with E-state index in [2.05, 4.69) is 5.10 Å². The number of nitrogen functional groups attached to an aromatic ring is 1. The smallest absolute Gasteiger partial charge is 0.0595 e. The monoisotopic (exact) mass is 161 g/mol. The SMILES string of the molecule is Nc1ccc(N2CCC=N2)cc1. The van der Waals surface area contributed by atoms with Crippen LogP contribution in [0.25, 0.3) is 0 Å². The molecule has 1 aromatic carbocycles. The van der Waals surface area contributed by atoms with Crippen molar-refractivity contribution in [2.45, 2.75) is 6.42 Å². The minimum absolute atomic E-state index is 0.793. The predicted octanol–water partition coefficient (Wildman–Crippen LogP) is 1.46. The van der Waals surface area contributed by atoms with Crippen LogP contribution in [0.5, 0.6) is 0 Å². The second-order valence-electron chi connectivity index (χ2n) is 2.80. The third kappa shape index (κ3) is 1.25. The van der Waals surface area contributed by atoms with Gasteiger partial charge in [0.25, 0.3) is 0 Å². The molecule has 3 nitrogen and oxygen atoms in total. The fourth-order valence-electron chi connectivity index (χ4n) is 1.24. The molecule has 2 N–H and O–H groups in total. The molecule has 0 saturated carbocycles. The lowest BCUT2D eigenvalue weighted by Gasteiger charge is -2.13. The van der Waals surface area contributed by atoms with Crippen molar-refractivity contribution in [1.29, 1.82) is 0 Å². The summed E-state index contributed by atoms with van der Waals surface area (Å²) >= 11 is 0. The minimum atomic E-state index is 0.793. The van der Waals surface area contributed by atoms with Gasteiger partial charge in [0, 0.05) is 24.9 Å². The van der Waals surface area contributed by atoms with Crippen molar-refractivity contribution in [2.75, 3.05) is 17.3 Å². The van der Waals surface area contributed by atoms with E-state index >= 15 is 0 Å². The lowest BCUT2D eigenvalue weighted by Crippen LogP contribution is -2.11. The van der Waals surface area contributed by atoms with Gasteiger partial charge < -0.3 is 5.73 Å². The maximum Gasteiger partial charge on any atom is 0.0595 e. The van der Waals surface area contributed by atoms with Crippen molar-refractivity contribution in [3.05, 3.63) is 24.3 Å². The average Bonchev–Trinajstić information content (AvgIpc) is 2.58. The van der Waals surface area contributed by atoms with Crippen molar-refractivity contribution < 1.29 is 0 Å². The van der Waals surface area contributed by atoms with Gasteiger partial charge in [-0.25, -0.2) is 0 Å². The van der Waals surface area contributed by atoms with Gasteiger partial charge in [0.1, 0.15) is 0 Å². The van der Waals surface area contributed by atoms with Gasteiger partial charge in [-0.3, -0.25) is 5.01 Å². The van der Waals surface area contributed by atoms with Gasteiger partial charge in [0.05, 0.1) is 5.69 Å². The molecule has 3 heteroatoms. The Morgan fingerprint density at radius 1 is 1.25 bits per heavy atom. The Labute approximate surface area is 71.5 Å². The number of hydrogen-bond acceptors (Lipinski definition) is 3. The van der Waals surface area contributed by atoms with Crippen molar-refractivity contribution in [3.63, 3.8) is 0 Å². The summed E-state index contributed by atoms with van der Waals surface area (Å²) in [6.45, 7) is 0.976. The molecule has 0 atom stereocenters. The number of benzene rings is 1. The molecule has 0 spiro atoms. The Balaban J connectivity index is 2.23. The van der Waals surface area contributed by atoms with E-state index in [1.807, 2.05) is 35.5 Å². The van der Waals surface area contributed by atoms with Crippen LogP contribution in [0.1, 0.15) is 6.42 Å². The van der Waals surface area contributed by atoms with Gasteiger partial charge in [-0.05, 0) is 24.3 Å². The quantitative estimate of drug-likeness (QED) is 0.633. The summed E-state index contributed by atoms with van der Waals surface area (Å²) in [5, 5.41) is 6.17. The Hall–Kier alpha value is -1.51. The molecule has 0 unspecified atom stereocenters. The number of nitrogens with two attached hydrogens (primary N) is 1. The van der Waals surface area contributed by atoms with E-state index in [0.717, 1.165) is 24.3 Å². The molecule has 0 radical (unpaired) electrons. The topological polar surface area (TPSA) is 41.6 Å². The highest BCUT2D eigenvalue weighted by molar-refractivity contribution is 5.65. The summed E-state index contributed by atoms with van der Waals surface area (Å²) in [6, 6.07) is 7.75. The number of anilines is 2. The van der Waals surface area contributed by atoms with Crippen molar-refractivity contribution in [1.82, 2.24) is 0 Å². The van der Waals surface area contributed by atoms with Crippen LogP contribution in [-0.2, 0) is 0 Å². The Bertz CT molecular complexity index is 289. The van der Waals surface area contributed by atoms with Crippen LogP contribution in [-0.4, -0.2) is 12.8 Å². The van der Waals surface area contributed by atoms with Gasteiger partial charge >= 0.3 is 0 Å². The maximum atomic E-state index is 5.57. The van der Waals surface area contributed by atoms with Crippen LogP contribution in [0.15, 0.2) is 29.4 Å². The van der Waals surface area contributed by atoms with E-state index in [-0.39, 0.29) is 0 Å². The van der Waals surface area contributed by atoms with E-state index < -0.39 is 0 Å². The van der Waals surface area contributed by atoms with Crippen LogP contribution in [0.3, 0.4) is 0 Å². The van der Waals surface area contributed by atoms with E-state index in [0.29, 0.717) is 0 Å². The summed E-state index contributed by atoms with van der Waals surface area (Å²) < 4.78 is 0. The van der Waals surface area contributed by atoms with Crippen molar-refractivity contribution in [2.24, 2.45) is 5.10 Å². The molecule has 0 fully saturated rings. The highest BCUT2D eigenvalue weighted by atomic mass is 15.5. The molecule has 0 saturated heterocycles. The largest absolute Gasteiger partial charge is 0.399 e. The molecule has 1 aliphatic heterocycles. The molecule has 0 bridgehead atoms. The average molecular weight is 161 g/mol. The molecular weight excluding hydrogens is 150 g/mol. The number of hydrogen-bond donors (Lipinski definition) is 1. The zero-order valence-corrected chi connectivity index (χ0v) is 6.77. The summed E-state index contributed by atoms with van der Waals surface area (Å²) in [5.41, 5.74) is 7.47. The summed E-state index contributed by atoms with van der Waals surface area (Å²) in [6.07, 6.45) is 2.96. The van der Waals surface area contributed by atoms with E-state index in [1.54, 1.807) is 0 Å². The fraction of sp³-hybridized carbons (Fsp3) is 0.222. The standard InChI is InChI=1S/C9H11N3/c10-8-2-4-9(5-3-8)12-7-1-6-11-12/h2-6H,1,7,10H2. The molecule has 2 rings (SSSR count). The normalized spacial score (nSPS) is 15.5. The van der Waals surface area contributed by atoms with Gasteiger partial charge in [-0.15, -0.1) is 0 Å². The van der Waals surface area contributed by atoms with Crippen LogP contribution < -0.4 is 10.7 Å². The van der Waals surface area contributed by atoms with E-state index in [4.69, 9.17) is 5.73 Å². The first-order valence-corrected chi connectivity index (χ1v) is 4.02. The third-order valence-corrected chi connectivity index (χ3v) is 1.88. The zero-order valence-electron chi connectivity index (χ0n) is 6.77. The van der Waals surface area contributed by atoms with Gasteiger partial charge in [-0.2, -0.15) is 5.10 Å². The lowest BCUT2D eigenvalue weighted by molar-refractivity contribution is 0.922. The van der Waals surface area contributed by atoms with Crippen molar-refractivity contribution >= 4 is 17.6 Å². The Kier molecular flexibility index (Phi) is 1.70. The van der Waals surface area contributed by atoms with E-state index in [9.17, 15) is 0 Å². The third-order valence-electron chi connectivity index (χ3n) is 1.88. The first-order chi connectivity index (χ1) is 5.86. The van der Waals surface area contributed by atoms with Crippen molar-refractivity contribution in [3.8, 4) is 0 Å². The predicted molar refractivity (Wildman–Crippen MR) is 51.3 cm³/mol. The molecule has 1 heterocycles. The second-order valence-corrected chi connectivity index (χ2v) is 2.80. The van der Waals surface area contributed by atoms with Gasteiger partial charge in [0.2, 0.25) is 0 Å². The second kappa shape index (κ2) is 2.85. The molecule has 0 aromatic heterocycles. The van der Waals surface area contributed by atoms with Crippen LogP contribution >= 0.6 is 0 Å². The maximum absolute atomic E-state index is 5.57. The molecule has 1 aliphatic rings. The molecule has 0 amide bonds. The summed E-state index contributed by atoms with van der Waals surface area (Å²) in [7, 11) is 0. The van der Waals surface area contributed by atoms with E-state index in [1.165, 1.54) is 0 Å². The Morgan fingerprint density at radius 3 is 2.58 bits per heavy atom. The summed E-state index contributed by atoms with van der Waals surface area (Å²) in [4.78, 5) is 0. The molecule has 62 valence electrons. The number of hydrazone groups is 1. The van der Waals surface area contributed by atoms with Crippen LogP contribution in [0, 0.1) is 0 Å².